The van der Waals surface area contributed by atoms with Gasteiger partial charge in [0.2, 0.25) is 0 Å². The Labute approximate surface area is 98.5 Å². The lowest BCUT2D eigenvalue weighted by atomic mass is 9.84. The van der Waals surface area contributed by atoms with Crippen LogP contribution < -0.4 is 5.73 Å². The fourth-order valence-corrected chi connectivity index (χ4v) is 2.12. The van der Waals surface area contributed by atoms with Crippen LogP contribution in [0.4, 0.5) is 0 Å². The van der Waals surface area contributed by atoms with Crippen LogP contribution >= 0.6 is 0 Å². The second kappa shape index (κ2) is 5.77. The van der Waals surface area contributed by atoms with Gasteiger partial charge in [0, 0.05) is 12.2 Å². The maximum atomic E-state index is 11.6. The molecule has 0 heterocycles. The third-order valence-corrected chi connectivity index (χ3v) is 4.39. The number of rotatable bonds is 6. The molecule has 0 saturated carbocycles. The van der Waals surface area contributed by atoms with Crippen molar-refractivity contribution in [3.63, 3.8) is 0 Å². The molecule has 0 bridgehead atoms. The minimum atomic E-state index is -2.97. The van der Waals surface area contributed by atoms with Crippen molar-refractivity contribution < 1.29 is 13.2 Å². The van der Waals surface area contributed by atoms with Gasteiger partial charge in [-0.05, 0) is 11.8 Å². The summed E-state index contributed by atoms with van der Waals surface area (Å²) in [6.07, 6.45) is 0.621. The smallest absolute Gasteiger partial charge is 0.150 e. The van der Waals surface area contributed by atoms with Gasteiger partial charge in [0.1, 0.15) is 15.6 Å². The summed E-state index contributed by atoms with van der Waals surface area (Å²) in [4.78, 5) is 11.6. The number of nitrogens with two attached hydrogens (primary N) is 1. The number of Topliss-reactive ketones (excluding diaryl/α,β-unsaturated/α-hetero) is 1. The zero-order valence-corrected chi connectivity index (χ0v) is 11.4. The molecule has 0 saturated heterocycles. The van der Waals surface area contributed by atoms with Gasteiger partial charge < -0.3 is 5.73 Å². The van der Waals surface area contributed by atoms with Gasteiger partial charge in [0.05, 0.1) is 11.8 Å². The molecule has 0 aliphatic rings. The van der Waals surface area contributed by atoms with Gasteiger partial charge in [-0.15, -0.1) is 0 Å². The van der Waals surface area contributed by atoms with E-state index in [1.807, 2.05) is 20.8 Å². The molecule has 0 spiro atoms. The van der Waals surface area contributed by atoms with Gasteiger partial charge in [-0.25, -0.2) is 8.42 Å². The first-order chi connectivity index (χ1) is 7.10. The molecule has 0 aromatic carbocycles. The van der Waals surface area contributed by atoms with Crippen molar-refractivity contribution in [2.24, 2.45) is 11.1 Å². The number of hydrogen-bond donors (Lipinski definition) is 1. The molecule has 2 N–H and O–H groups in total. The Morgan fingerprint density at radius 3 is 2.19 bits per heavy atom. The normalized spacial score (nSPS) is 14.8. The highest BCUT2D eigenvalue weighted by Gasteiger charge is 2.26. The number of sulfone groups is 1. The molecule has 1 atom stereocenters. The number of carbonyl (C=O) groups excluding carboxylic acids is 1. The topological polar surface area (TPSA) is 77.2 Å². The summed E-state index contributed by atoms with van der Waals surface area (Å²) in [6, 6.07) is -0.517. The molecule has 4 nitrogen and oxygen atoms in total. The molecule has 16 heavy (non-hydrogen) atoms. The third-order valence-electron chi connectivity index (χ3n) is 2.60. The summed E-state index contributed by atoms with van der Waals surface area (Å²) in [5.74, 6) is 0.150. The van der Waals surface area contributed by atoms with E-state index in [2.05, 4.69) is 0 Å². The first-order valence-corrected chi connectivity index (χ1v) is 7.41. The van der Waals surface area contributed by atoms with E-state index in [0.717, 1.165) is 0 Å². The highest BCUT2D eigenvalue weighted by molar-refractivity contribution is 7.91. The summed E-state index contributed by atoms with van der Waals surface area (Å²) >= 11 is 0. The average Bonchev–Trinajstić information content (AvgIpc) is 2.14. The van der Waals surface area contributed by atoms with Crippen molar-refractivity contribution in [3.8, 4) is 0 Å². The lowest BCUT2D eigenvalue weighted by Crippen LogP contribution is -2.42. The van der Waals surface area contributed by atoms with Crippen molar-refractivity contribution in [1.82, 2.24) is 0 Å². The molecule has 0 amide bonds. The van der Waals surface area contributed by atoms with Gasteiger partial charge in [0.15, 0.2) is 0 Å². The number of hydrogen-bond acceptors (Lipinski definition) is 4. The van der Waals surface area contributed by atoms with E-state index >= 15 is 0 Å². The highest BCUT2D eigenvalue weighted by atomic mass is 32.2. The Morgan fingerprint density at radius 1 is 1.31 bits per heavy atom. The van der Waals surface area contributed by atoms with Gasteiger partial charge in [-0.2, -0.15) is 0 Å². The van der Waals surface area contributed by atoms with Crippen LogP contribution in [0.15, 0.2) is 0 Å². The first kappa shape index (κ1) is 15.6. The van der Waals surface area contributed by atoms with Crippen LogP contribution in [0, 0.1) is 5.41 Å². The standard InChI is InChI=1S/C11H23NO3S/c1-5-16(14,15)8-6-7-9(13)10(12)11(2,3)4/h10H,5-8,12H2,1-4H3. The largest absolute Gasteiger partial charge is 0.321 e. The molecule has 96 valence electrons. The fraction of sp³-hybridized carbons (Fsp3) is 0.909. The van der Waals surface area contributed by atoms with E-state index in [1.165, 1.54) is 0 Å². The van der Waals surface area contributed by atoms with Crippen LogP contribution in [0.25, 0.3) is 0 Å². The summed E-state index contributed by atoms with van der Waals surface area (Å²) in [7, 11) is -2.97. The first-order valence-electron chi connectivity index (χ1n) is 5.59. The molecule has 0 fully saturated rings. The lowest BCUT2D eigenvalue weighted by Gasteiger charge is -2.25. The van der Waals surface area contributed by atoms with E-state index in [-0.39, 0.29) is 29.1 Å². The predicted octanol–water partition coefficient (Wildman–Crippen LogP) is 1.14. The Kier molecular flexibility index (Phi) is 5.62. The van der Waals surface area contributed by atoms with E-state index in [9.17, 15) is 13.2 Å². The van der Waals surface area contributed by atoms with E-state index in [4.69, 9.17) is 5.73 Å². The predicted molar refractivity (Wildman–Crippen MR) is 66.0 cm³/mol. The van der Waals surface area contributed by atoms with Crippen LogP contribution in [0.3, 0.4) is 0 Å². The molecule has 0 aliphatic carbocycles. The minimum Gasteiger partial charge on any atom is -0.321 e. The summed E-state index contributed by atoms with van der Waals surface area (Å²) < 4.78 is 22.4. The van der Waals surface area contributed by atoms with E-state index < -0.39 is 15.9 Å². The molecular weight excluding hydrogens is 226 g/mol. The van der Waals surface area contributed by atoms with Crippen molar-refractivity contribution in [1.29, 1.82) is 0 Å². The third kappa shape index (κ3) is 5.61. The van der Waals surface area contributed by atoms with Crippen molar-refractivity contribution in [2.45, 2.75) is 46.6 Å². The molecular formula is C11H23NO3S. The Hall–Kier alpha value is -0.420. The SMILES string of the molecule is CCS(=O)(=O)CCCC(=O)C(N)C(C)(C)C. The number of ketones is 1. The van der Waals surface area contributed by atoms with Crippen molar-refractivity contribution >= 4 is 15.6 Å². The molecule has 0 aromatic heterocycles. The van der Waals surface area contributed by atoms with Crippen LogP contribution in [0.2, 0.25) is 0 Å². The molecule has 0 rings (SSSR count). The average molecular weight is 249 g/mol. The van der Waals surface area contributed by atoms with Gasteiger partial charge in [-0.3, -0.25) is 4.79 Å². The van der Waals surface area contributed by atoms with E-state index in [0.29, 0.717) is 6.42 Å². The van der Waals surface area contributed by atoms with E-state index in [1.54, 1.807) is 6.92 Å². The van der Waals surface area contributed by atoms with Crippen LogP contribution in [0.5, 0.6) is 0 Å². The fourth-order valence-electron chi connectivity index (χ4n) is 1.25. The summed E-state index contributed by atoms with van der Waals surface area (Å²) in [5.41, 5.74) is 5.51. The maximum Gasteiger partial charge on any atom is 0.150 e. The minimum absolute atomic E-state index is 0.0567. The van der Waals surface area contributed by atoms with Crippen molar-refractivity contribution in [2.75, 3.05) is 11.5 Å². The quantitative estimate of drug-likeness (QED) is 0.766. The summed E-state index contributed by atoms with van der Waals surface area (Å²) in [6.45, 7) is 7.31. The highest BCUT2D eigenvalue weighted by Crippen LogP contribution is 2.19. The monoisotopic (exact) mass is 249 g/mol. The molecule has 5 heteroatoms. The molecule has 1 unspecified atom stereocenters. The lowest BCUT2D eigenvalue weighted by molar-refractivity contribution is -0.122. The van der Waals surface area contributed by atoms with Gasteiger partial charge in [-0.1, -0.05) is 27.7 Å². The number of carbonyl (C=O) groups is 1. The van der Waals surface area contributed by atoms with Crippen LogP contribution in [0.1, 0.15) is 40.5 Å². The Balaban J connectivity index is 4.11. The molecule has 0 aromatic rings. The van der Waals surface area contributed by atoms with Gasteiger partial charge in [0.25, 0.3) is 0 Å². The second-order valence-electron chi connectivity index (χ2n) is 5.15. The Morgan fingerprint density at radius 2 is 1.81 bits per heavy atom. The molecule has 0 radical (unpaired) electrons. The summed E-state index contributed by atoms with van der Waals surface area (Å²) in [5, 5.41) is 0. The molecule has 0 aliphatic heterocycles. The zero-order chi connectivity index (χ0) is 13.0. The van der Waals surface area contributed by atoms with Crippen LogP contribution in [-0.4, -0.2) is 31.7 Å². The zero-order valence-electron chi connectivity index (χ0n) is 10.6. The second-order valence-corrected chi connectivity index (χ2v) is 7.62. The van der Waals surface area contributed by atoms with Crippen molar-refractivity contribution in [3.05, 3.63) is 0 Å². The van der Waals surface area contributed by atoms with Crippen LogP contribution in [-0.2, 0) is 14.6 Å². The Bertz CT molecular complexity index is 328. The maximum absolute atomic E-state index is 11.6. The van der Waals surface area contributed by atoms with Gasteiger partial charge >= 0.3 is 0 Å².